The highest BCUT2D eigenvalue weighted by Gasteiger charge is 2.43. The van der Waals surface area contributed by atoms with Crippen molar-refractivity contribution in [3.8, 4) is 10.4 Å². The number of amides is 2. The number of aliphatic hydroxyl groups excluding tert-OH is 1. The molecule has 3 heterocycles. The van der Waals surface area contributed by atoms with Gasteiger partial charge in [-0.05, 0) is 37.8 Å². The summed E-state index contributed by atoms with van der Waals surface area (Å²) in [7, 11) is 0. The van der Waals surface area contributed by atoms with Gasteiger partial charge in [-0.15, -0.1) is 11.3 Å². The molecule has 1 aliphatic rings. The van der Waals surface area contributed by atoms with Gasteiger partial charge in [-0.25, -0.2) is 4.98 Å². The van der Waals surface area contributed by atoms with Crippen LogP contribution in [0.5, 0.6) is 0 Å². The van der Waals surface area contributed by atoms with Crippen molar-refractivity contribution in [1.29, 1.82) is 0 Å². The SMILES string of the molecule is Cc1cc(C(C(=O)N2CC(O)CC2C(=O)NC(C)c2ccc(-c3scnc3C)cc2)C(C)C)on1. The number of hydrogen-bond donors (Lipinski definition) is 2. The Kier molecular flexibility index (Phi) is 7.37. The molecule has 9 heteroatoms. The van der Waals surface area contributed by atoms with Crippen molar-refractivity contribution in [2.45, 2.75) is 65.1 Å². The molecule has 1 aliphatic heterocycles. The van der Waals surface area contributed by atoms with Gasteiger partial charge in [0.2, 0.25) is 11.8 Å². The molecule has 0 bridgehead atoms. The number of carbonyl (C=O) groups excluding carboxylic acids is 2. The zero-order valence-electron chi connectivity index (χ0n) is 20.7. The average Bonchev–Trinajstić information content (AvgIpc) is 3.53. The van der Waals surface area contributed by atoms with Crippen LogP contribution in [0.2, 0.25) is 0 Å². The number of aromatic nitrogens is 2. The second-order valence-electron chi connectivity index (χ2n) is 9.61. The molecule has 4 unspecified atom stereocenters. The summed E-state index contributed by atoms with van der Waals surface area (Å²) < 4.78 is 5.39. The number of aryl methyl sites for hydroxylation is 2. The number of carbonyl (C=O) groups is 2. The number of thiazole rings is 1. The van der Waals surface area contributed by atoms with Crippen LogP contribution >= 0.6 is 11.3 Å². The molecule has 35 heavy (non-hydrogen) atoms. The summed E-state index contributed by atoms with van der Waals surface area (Å²) >= 11 is 1.60. The number of likely N-dealkylation sites (tertiary alicyclic amines) is 1. The molecule has 186 valence electrons. The van der Waals surface area contributed by atoms with Crippen molar-refractivity contribution < 1.29 is 19.2 Å². The molecule has 0 saturated carbocycles. The summed E-state index contributed by atoms with van der Waals surface area (Å²) in [6.07, 6.45) is -0.551. The molecule has 0 spiro atoms. The van der Waals surface area contributed by atoms with E-state index in [1.54, 1.807) is 24.3 Å². The first-order chi connectivity index (χ1) is 16.7. The number of hydrogen-bond acceptors (Lipinski definition) is 7. The Morgan fingerprint density at radius 3 is 2.49 bits per heavy atom. The summed E-state index contributed by atoms with van der Waals surface area (Å²) in [6, 6.07) is 8.79. The fourth-order valence-electron chi connectivity index (χ4n) is 4.64. The first kappa shape index (κ1) is 25.1. The Morgan fingerprint density at radius 2 is 1.91 bits per heavy atom. The Labute approximate surface area is 209 Å². The maximum Gasteiger partial charge on any atom is 0.243 e. The minimum absolute atomic E-state index is 0.0593. The molecule has 0 aliphatic carbocycles. The van der Waals surface area contributed by atoms with Crippen LogP contribution in [0.15, 0.2) is 40.4 Å². The Hall–Kier alpha value is -3.04. The third-order valence-corrected chi connectivity index (χ3v) is 7.50. The van der Waals surface area contributed by atoms with E-state index in [2.05, 4.69) is 15.5 Å². The van der Waals surface area contributed by atoms with Crippen molar-refractivity contribution in [2.24, 2.45) is 5.92 Å². The van der Waals surface area contributed by atoms with Gasteiger partial charge in [-0.1, -0.05) is 43.3 Å². The van der Waals surface area contributed by atoms with Gasteiger partial charge < -0.3 is 19.8 Å². The minimum Gasteiger partial charge on any atom is -0.391 e. The number of benzene rings is 1. The Balaban J connectivity index is 1.47. The van der Waals surface area contributed by atoms with Gasteiger partial charge in [0, 0.05) is 19.0 Å². The molecular formula is C26H32N4O4S. The number of rotatable bonds is 7. The van der Waals surface area contributed by atoms with Crippen LogP contribution in [0.25, 0.3) is 10.4 Å². The molecule has 2 N–H and O–H groups in total. The smallest absolute Gasteiger partial charge is 0.243 e. The molecular weight excluding hydrogens is 464 g/mol. The molecule has 4 atom stereocenters. The van der Waals surface area contributed by atoms with Crippen molar-refractivity contribution in [3.05, 3.63) is 58.6 Å². The molecule has 1 saturated heterocycles. The molecule has 2 aromatic heterocycles. The molecule has 1 fully saturated rings. The van der Waals surface area contributed by atoms with Gasteiger partial charge in [0.1, 0.15) is 17.7 Å². The molecule has 8 nitrogen and oxygen atoms in total. The Bertz CT molecular complexity index is 1190. The second-order valence-corrected chi connectivity index (χ2v) is 10.5. The monoisotopic (exact) mass is 496 g/mol. The van der Waals surface area contributed by atoms with E-state index in [9.17, 15) is 14.7 Å². The predicted molar refractivity (Wildman–Crippen MR) is 134 cm³/mol. The summed E-state index contributed by atoms with van der Waals surface area (Å²) in [6.45, 7) is 9.68. The van der Waals surface area contributed by atoms with Crippen molar-refractivity contribution in [3.63, 3.8) is 0 Å². The van der Waals surface area contributed by atoms with Gasteiger partial charge in [-0.3, -0.25) is 9.59 Å². The van der Waals surface area contributed by atoms with Crippen LogP contribution in [0.4, 0.5) is 0 Å². The zero-order chi connectivity index (χ0) is 25.3. The fraction of sp³-hybridized carbons (Fsp3) is 0.462. The van der Waals surface area contributed by atoms with Gasteiger partial charge >= 0.3 is 0 Å². The highest BCUT2D eigenvalue weighted by Crippen LogP contribution is 2.32. The second kappa shape index (κ2) is 10.3. The van der Waals surface area contributed by atoms with E-state index in [4.69, 9.17) is 4.52 Å². The quantitative estimate of drug-likeness (QED) is 0.512. The van der Waals surface area contributed by atoms with E-state index < -0.39 is 18.1 Å². The van der Waals surface area contributed by atoms with Crippen LogP contribution in [0.3, 0.4) is 0 Å². The maximum absolute atomic E-state index is 13.5. The van der Waals surface area contributed by atoms with Crippen molar-refractivity contribution in [1.82, 2.24) is 20.4 Å². The van der Waals surface area contributed by atoms with Crippen LogP contribution in [-0.2, 0) is 9.59 Å². The highest BCUT2D eigenvalue weighted by molar-refractivity contribution is 7.13. The summed E-state index contributed by atoms with van der Waals surface area (Å²) in [5.74, 6) is -0.661. The van der Waals surface area contributed by atoms with Crippen LogP contribution in [-0.4, -0.2) is 50.7 Å². The number of nitrogens with zero attached hydrogens (tertiary/aromatic N) is 3. The van der Waals surface area contributed by atoms with E-state index in [0.29, 0.717) is 11.5 Å². The normalized spacial score (nSPS) is 19.7. The minimum atomic E-state index is -0.754. The molecule has 3 aromatic rings. The van der Waals surface area contributed by atoms with E-state index in [-0.39, 0.29) is 36.7 Å². The van der Waals surface area contributed by atoms with Crippen LogP contribution < -0.4 is 5.32 Å². The fourth-order valence-corrected chi connectivity index (χ4v) is 5.46. The third kappa shape index (κ3) is 5.31. The van der Waals surface area contributed by atoms with Gasteiger partial charge in [-0.2, -0.15) is 0 Å². The molecule has 2 amide bonds. The molecule has 1 aromatic carbocycles. The van der Waals surface area contributed by atoms with Crippen LogP contribution in [0.1, 0.15) is 61.9 Å². The largest absolute Gasteiger partial charge is 0.391 e. The maximum atomic E-state index is 13.5. The molecule has 0 radical (unpaired) electrons. The summed E-state index contributed by atoms with van der Waals surface area (Å²) in [5, 5.41) is 17.3. The highest BCUT2D eigenvalue weighted by atomic mass is 32.1. The lowest BCUT2D eigenvalue weighted by Gasteiger charge is -2.29. The number of nitrogens with one attached hydrogen (secondary N) is 1. The topological polar surface area (TPSA) is 109 Å². The molecule has 4 rings (SSSR count). The van der Waals surface area contributed by atoms with E-state index >= 15 is 0 Å². The predicted octanol–water partition coefficient (Wildman–Crippen LogP) is 3.99. The summed E-state index contributed by atoms with van der Waals surface area (Å²) in [4.78, 5) is 33.7. The lowest BCUT2D eigenvalue weighted by Crippen LogP contribution is -2.48. The lowest BCUT2D eigenvalue weighted by molar-refractivity contribution is -0.141. The van der Waals surface area contributed by atoms with E-state index in [1.807, 2.05) is 57.5 Å². The summed E-state index contributed by atoms with van der Waals surface area (Å²) in [5.41, 5.74) is 5.56. The van der Waals surface area contributed by atoms with Crippen molar-refractivity contribution >= 4 is 23.2 Å². The Morgan fingerprint density at radius 1 is 1.20 bits per heavy atom. The average molecular weight is 497 g/mol. The van der Waals surface area contributed by atoms with Gasteiger partial charge in [0.05, 0.1) is 33.9 Å². The van der Waals surface area contributed by atoms with Crippen molar-refractivity contribution in [2.75, 3.05) is 6.54 Å². The number of aliphatic hydroxyl groups is 1. The van der Waals surface area contributed by atoms with Crippen LogP contribution in [0, 0.1) is 19.8 Å². The van der Waals surface area contributed by atoms with E-state index in [1.165, 1.54) is 4.90 Å². The van der Waals surface area contributed by atoms with E-state index in [0.717, 1.165) is 21.7 Å². The first-order valence-corrected chi connectivity index (χ1v) is 12.8. The first-order valence-electron chi connectivity index (χ1n) is 11.9. The number of β-amino-alcohol motifs (C(OH)–C–C–N with tert-alkyl or cyclic N) is 1. The lowest BCUT2D eigenvalue weighted by atomic mass is 9.91. The standard InChI is InChI=1S/C26H32N4O4S/c1-14(2)23(22-10-15(3)29-34-22)26(33)30-12-20(31)11-21(30)25(32)28-16(4)18-6-8-19(9-7-18)24-17(5)27-13-35-24/h6-10,13-14,16,20-21,23,31H,11-12H2,1-5H3,(H,28,32). The zero-order valence-corrected chi connectivity index (χ0v) is 21.5. The third-order valence-electron chi connectivity index (χ3n) is 6.53. The van der Waals surface area contributed by atoms with Gasteiger partial charge in [0.25, 0.3) is 0 Å². The van der Waals surface area contributed by atoms with Gasteiger partial charge in [0.15, 0.2) is 0 Å².